The van der Waals surface area contributed by atoms with Gasteiger partial charge < -0.3 is 4.74 Å². The van der Waals surface area contributed by atoms with E-state index >= 15 is 0 Å². The molecule has 1 heterocycles. The standard InChI is InChI=1S/C10H16O2/c1-6-4-3-5-8-7(2)12-10(11)9(6)8/h6-9H,3-5H2,1-2H3. The second kappa shape index (κ2) is 2.75. The Morgan fingerprint density at radius 1 is 1.33 bits per heavy atom. The highest BCUT2D eigenvalue weighted by molar-refractivity contribution is 5.75. The molecule has 0 spiro atoms. The predicted octanol–water partition coefficient (Wildman–Crippen LogP) is 1.98. The van der Waals surface area contributed by atoms with Gasteiger partial charge in [-0.25, -0.2) is 0 Å². The molecule has 12 heavy (non-hydrogen) atoms. The van der Waals surface area contributed by atoms with Crippen molar-refractivity contribution in [2.75, 3.05) is 0 Å². The van der Waals surface area contributed by atoms with Gasteiger partial charge in [0, 0.05) is 5.92 Å². The molecule has 2 fully saturated rings. The van der Waals surface area contributed by atoms with Crippen LogP contribution in [-0.4, -0.2) is 12.1 Å². The smallest absolute Gasteiger partial charge is 0.309 e. The van der Waals surface area contributed by atoms with E-state index in [1.54, 1.807) is 0 Å². The highest BCUT2D eigenvalue weighted by Gasteiger charge is 2.46. The average molecular weight is 168 g/mol. The van der Waals surface area contributed by atoms with E-state index in [2.05, 4.69) is 6.92 Å². The molecular formula is C10H16O2. The van der Waals surface area contributed by atoms with Gasteiger partial charge in [-0.05, 0) is 25.7 Å². The molecule has 2 rings (SSSR count). The predicted molar refractivity (Wildman–Crippen MR) is 45.5 cm³/mol. The number of carbonyl (C=O) groups is 1. The SMILES string of the molecule is CC1CCCC2C(C)OC(=O)C12. The monoisotopic (exact) mass is 168 g/mol. The Morgan fingerprint density at radius 3 is 2.75 bits per heavy atom. The normalized spacial score (nSPS) is 47.0. The second-order valence-corrected chi connectivity index (χ2v) is 4.24. The summed E-state index contributed by atoms with van der Waals surface area (Å²) < 4.78 is 5.24. The summed E-state index contributed by atoms with van der Waals surface area (Å²) in [6.07, 6.45) is 3.82. The fourth-order valence-corrected chi connectivity index (χ4v) is 2.74. The summed E-state index contributed by atoms with van der Waals surface area (Å²) in [4.78, 5) is 11.4. The van der Waals surface area contributed by atoms with Gasteiger partial charge in [0.1, 0.15) is 6.10 Å². The van der Waals surface area contributed by atoms with Gasteiger partial charge in [0.2, 0.25) is 0 Å². The van der Waals surface area contributed by atoms with E-state index < -0.39 is 0 Å². The Kier molecular flexibility index (Phi) is 1.85. The van der Waals surface area contributed by atoms with Gasteiger partial charge in [-0.2, -0.15) is 0 Å². The molecular weight excluding hydrogens is 152 g/mol. The van der Waals surface area contributed by atoms with Crippen molar-refractivity contribution in [2.24, 2.45) is 17.8 Å². The Hall–Kier alpha value is -0.530. The quantitative estimate of drug-likeness (QED) is 0.517. The summed E-state index contributed by atoms with van der Waals surface area (Å²) in [5.74, 6) is 1.33. The molecule has 0 amide bonds. The van der Waals surface area contributed by atoms with Gasteiger partial charge in [-0.15, -0.1) is 0 Å². The lowest BCUT2D eigenvalue weighted by Crippen LogP contribution is -2.29. The van der Waals surface area contributed by atoms with E-state index in [4.69, 9.17) is 4.74 Å². The van der Waals surface area contributed by atoms with E-state index in [0.29, 0.717) is 11.8 Å². The third-order valence-electron chi connectivity index (χ3n) is 3.45. The van der Waals surface area contributed by atoms with Gasteiger partial charge in [0.25, 0.3) is 0 Å². The summed E-state index contributed by atoms with van der Waals surface area (Å²) in [5, 5.41) is 0. The zero-order valence-corrected chi connectivity index (χ0v) is 7.75. The lowest BCUT2D eigenvalue weighted by atomic mass is 9.72. The van der Waals surface area contributed by atoms with E-state index in [0.717, 1.165) is 0 Å². The molecule has 1 saturated carbocycles. The fourth-order valence-electron chi connectivity index (χ4n) is 2.74. The molecule has 1 saturated heterocycles. The van der Waals surface area contributed by atoms with Crippen LogP contribution in [0.3, 0.4) is 0 Å². The zero-order chi connectivity index (χ0) is 8.72. The molecule has 2 nitrogen and oxygen atoms in total. The van der Waals surface area contributed by atoms with Crippen LogP contribution in [0.25, 0.3) is 0 Å². The fraction of sp³-hybridized carbons (Fsp3) is 0.900. The van der Waals surface area contributed by atoms with E-state index in [1.807, 2.05) is 6.92 Å². The second-order valence-electron chi connectivity index (χ2n) is 4.24. The van der Waals surface area contributed by atoms with Crippen LogP contribution in [0.5, 0.6) is 0 Å². The minimum absolute atomic E-state index is 0.0553. The maximum absolute atomic E-state index is 11.4. The minimum Gasteiger partial charge on any atom is -0.462 e. The summed E-state index contributed by atoms with van der Waals surface area (Å²) >= 11 is 0. The van der Waals surface area contributed by atoms with Crippen molar-refractivity contribution in [3.63, 3.8) is 0 Å². The van der Waals surface area contributed by atoms with Crippen LogP contribution < -0.4 is 0 Å². The summed E-state index contributed by atoms with van der Waals surface area (Å²) in [7, 11) is 0. The Labute approximate surface area is 73.3 Å². The molecule has 0 radical (unpaired) electrons. The highest BCUT2D eigenvalue weighted by atomic mass is 16.6. The number of rotatable bonds is 0. The topological polar surface area (TPSA) is 26.3 Å². The number of cyclic esters (lactones) is 1. The number of esters is 1. The molecule has 0 N–H and O–H groups in total. The van der Waals surface area contributed by atoms with E-state index in [1.165, 1.54) is 19.3 Å². The van der Waals surface area contributed by atoms with Crippen LogP contribution >= 0.6 is 0 Å². The number of fused-ring (bicyclic) bond motifs is 1. The molecule has 2 aliphatic rings. The van der Waals surface area contributed by atoms with Gasteiger partial charge in [0.15, 0.2) is 0 Å². The molecule has 0 aromatic carbocycles. The third-order valence-corrected chi connectivity index (χ3v) is 3.45. The molecule has 68 valence electrons. The maximum Gasteiger partial charge on any atom is 0.309 e. The summed E-state index contributed by atoms with van der Waals surface area (Å²) in [6, 6.07) is 0. The summed E-state index contributed by atoms with van der Waals surface area (Å²) in [6.45, 7) is 4.21. The lowest BCUT2D eigenvalue weighted by Gasteiger charge is -2.28. The molecule has 2 heteroatoms. The van der Waals surface area contributed by atoms with Crippen LogP contribution in [0, 0.1) is 17.8 Å². The van der Waals surface area contributed by atoms with Crippen molar-refractivity contribution in [1.82, 2.24) is 0 Å². The first-order valence-electron chi connectivity index (χ1n) is 4.90. The Morgan fingerprint density at radius 2 is 2.08 bits per heavy atom. The minimum atomic E-state index is 0.0553. The van der Waals surface area contributed by atoms with Gasteiger partial charge in [-0.3, -0.25) is 4.79 Å². The van der Waals surface area contributed by atoms with Crippen molar-refractivity contribution in [2.45, 2.75) is 39.2 Å². The largest absolute Gasteiger partial charge is 0.462 e. The molecule has 4 unspecified atom stereocenters. The van der Waals surface area contributed by atoms with E-state index in [-0.39, 0.29) is 18.0 Å². The molecule has 0 aromatic rings. The van der Waals surface area contributed by atoms with E-state index in [9.17, 15) is 4.79 Å². The molecule has 1 aliphatic heterocycles. The number of ether oxygens (including phenoxy) is 1. The van der Waals surface area contributed by atoms with Gasteiger partial charge in [0.05, 0.1) is 5.92 Å². The van der Waals surface area contributed by atoms with Crippen LogP contribution in [0.4, 0.5) is 0 Å². The first-order valence-corrected chi connectivity index (χ1v) is 4.90. The maximum atomic E-state index is 11.4. The highest BCUT2D eigenvalue weighted by Crippen LogP contribution is 2.42. The Balaban J connectivity index is 2.19. The van der Waals surface area contributed by atoms with Crippen molar-refractivity contribution >= 4 is 5.97 Å². The number of hydrogen-bond acceptors (Lipinski definition) is 2. The third kappa shape index (κ3) is 1.05. The number of carbonyl (C=O) groups excluding carboxylic acids is 1. The first kappa shape index (κ1) is 8.09. The molecule has 1 aliphatic carbocycles. The summed E-state index contributed by atoms with van der Waals surface area (Å²) in [5.41, 5.74) is 0. The Bertz CT molecular complexity index is 200. The lowest BCUT2D eigenvalue weighted by molar-refractivity contribution is -0.145. The van der Waals surface area contributed by atoms with Crippen molar-refractivity contribution in [3.05, 3.63) is 0 Å². The van der Waals surface area contributed by atoms with Crippen LogP contribution in [0.2, 0.25) is 0 Å². The molecule has 0 aromatic heterocycles. The zero-order valence-electron chi connectivity index (χ0n) is 7.75. The van der Waals surface area contributed by atoms with Crippen LogP contribution in [-0.2, 0) is 9.53 Å². The van der Waals surface area contributed by atoms with Gasteiger partial charge >= 0.3 is 5.97 Å². The van der Waals surface area contributed by atoms with Crippen LogP contribution in [0.15, 0.2) is 0 Å². The average Bonchev–Trinajstić information content (AvgIpc) is 2.29. The van der Waals surface area contributed by atoms with Crippen LogP contribution in [0.1, 0.15) is 33.1 Å². The van der Waals surface area contributed by atoms with Crippen molar-refractivity contribution in [3.8, 4) is 0 Å². The first-order chi connectivity index (χ1) is 5.70. The van der Waals surface area contributed by atoms with Crippen molar-refractivity contribution < 1.29 is 9.53 Å². The van der Waals surface area contributed by atoms with Gasteiger partial charge in [-0.1, -0.05) is 13.3 Å². The number of hydrogen-bond donors (Lipinski definition) is 0. The van der Waals surface area contributed by atoms with Crippen molar-refractivity contribution in [1.29, 1.82) is 0 Å². The molecule has 4 atom stereocenters. The molecule has 0 bridgehead atoms.